The Morgan fingerprint density at radius 1 is 0.783 bits per heavy atom. The Morgan fingerprint density at radius 3 is 1.13 bits per heavy atom. The zero-order chi connectivity index (χ0) is 16.3. The average Bonchev–Trinajstić information content (AvgIpc) is 2.33. The van der Waals surface area contributed by atoms with Gasteiger partial charge in [-0.15, -0.1) is 0 Å². The first-order chi connectivity index (χ1) is 9.07. The molecular formula is C10H20BeN2O10. The van der Waals surface area contributed by atoms with Crippen molar-refractivity contribution in [3.8, 4) is 0 Å². The van der Waals surface area contributed by atoms with Crippen molar-refractivity contribution >= 4 is 34.0 Å². The van der Waals surface area contributed by atoms with Crippen molar-refractivity contribution in [3.05, 3.63) is 0 Å². The molecule has 0 amide bonds. The number of carboxylic acid groups (broad SMARTS) is 4. The van der Waals surface area contributed by atoms with Gasteiger partial charge in [0.15, 0.2) is 0 Å². The summed E-state index contributed by atoms with van der Waals surface area (Å²) >= 11 is 0. The van der Waals surface area contributed by atoms with Crippen molar-refractivity contribution in [2.75, 3.05) is 0 Å². The summed E-state index contributed by atoms with van der Waals surface area (Å²) in [7, 11) is 0. The van der Waals surface area contributed by atoms with Crippen LogP contribution in [0.1, 0.15) is 25.7 Å². The second kappa shape index (κ2) is 17.9. The van der Waals surface area contributed by atoms with Crippen molar-refractivity contribution in [2.24, 2.45) is 11.5 Å². The van der Waals surface area contributed by atoms with Crippen LogP contribution in [-0.4, -0.2) is 67.2 Å². The standard InChI is InChI=1S/2C5H9NO4.Be.2H2O/c2*6-3(5(9)10)1-2-4(7)8;;;/h2*3H,1-2,6H2,(H,7,8)(H,9,10);;2*1H2/q;;+2;;/p-2/t2*3-;;;/m00.../s1. The van der Waals surface area contributed by atoms with Crippen LogP contribution in [0.3, 0.4) is 0 Å². The third-order valence-corrected chi connectivity index (χ3v) is 1.94. The third-order valence-electron chi connectivity index (χ3n) is 1.94. The number of hydrogen-bond acceptors (Lipinski definition) is 8. The second-order valence-corrected chi connectivity index (χ2v) is 3.72. The maximum absolute atomic E-state index is 9.88. The second-order valence-electron chi connectivity index (χ2n) is 3.72. The van der Waals surface area contributed by atoms with Crippen LogP contribution in [0.25, 0.3) is 0 Å². The quantitative estimate of drug-likeness (QED) is 0.304. The Bertz CT molecular complexity index is 332. The molecule has 0 aromatic rings. The van der Waals surface area contributed by atoms with E-state index in [0.717, 1.165) is 0 Å². The van der Waals surface area contributed by atoms with E-state index in [1.54, 1.807) is 0 Å². The Labute approximate surface area is 134 Å². The van der Waals surface area contributed by atoms with E-state index in [4.69, 9.17) is 21.7 Å². The van der Waals surface area contributed by atoms with E-state index in [2.05, 4.69) is 0 Å². The fraction of sp³-hybridized carbons (Fsp3) is 0.600. The molecule has 0 saturated heterocycles. The predicted molar refractivity (Wildman–Crippen MR) is 72.7 cm³/mol. The largest absolute Gasteiger partial charge is 2.00 e. The molecule has 0 bridgehead atoms. The molecule has 0 fully saturated rings. The first-order valence-electron chi connectivity index (χ1n) is 5.44. The molecule has 10 N–H and O–H groups in total. The molecule has 13 heteroatoms. The van der Waals surface area contributed by atoms with Gasteiger partial charge < -0.3 is 52.4 Å². The molecular weight excluding hydrogens is 317 g/mol. The van der Waals surface area contributed by atoms with Crippen molar-refractivity contribution in [2.45, 2.75) is 37.8 Å². The van der Waals surface area contributed by atoms with Crippen LogP contribution in [0.15, 0.2) is 0 Å². The van der Waals surface area contributed by atoms with E-state index >= 15 is 0 Å². The summed E-state index contributed by atoms with van der Waals surface area (Å²) < 4.78 is 0. The van der Waals surface area contributed by atoms with Crippen LogP contribution in [0.5, 0.6) is 0 Å². The van der Waals surface area contributed by atoms with Gasteiger partial charge in [-0.25, -0.2) is 0 Å². The molecule has 0 aliphatic rings. The van der Waals surface area contributed by atoms with Crippen LogP contribution in [0, 0.1) is 0 Å². The molecule has 12 nitrogen and oxygen atoms in total. The Hall–Kier alpha value is -2.11. The van der Waals surface area contributed by atoms with Gasteiger partial charge in [-0.05, 0) is 12.8 Å². The van der Waals surface area contributed by atoms with Gasteiger partial charge >= 0.3 is 22.1 Å². The maximum atomic E-state index is 9.88. The Morgan fingerprint density at radius 2 is 1.00 bits per heavy atom. The number of nitrogens with two attached hydrogens (primary N) is 2. The number of rotatable bonds is 8. The molecule has 0 aromatic carbocycles. The average molecular weight is 337 g/mol. The van der Waals surface area contributed by atoms with Crippen molar-refractivity contribution < 1.29 is 50.6 Å². The topological polar surface area (TPSA) is 270 Å². The zero-order valence-corrected chi connectivity index (χ0v) is 12.2. The molecule has 23 heavy (non-hydrogen) atoms. The Kier molecular flexibility index (Phi) is 25.5. The number of hydrogen-bond donors (Lipinski definition) is 4. The van der Waals surface area contributed by atoms with E-state index in [-0.39, 0.29) is 46.8 Å². The normalized spacial score (nSPS) is 10.9. The monoisotopic (exact) mass is 337 g/mol. The minimum atomic E-state index is -1.42. The smallest absolute Gasteiger partial charge is 0.548 e. The molecule has 0 aliphatic heterocycles. The summed E-state index contributed by atoms with van der Waals surface area (Å²) in [5, 5.41) is 35.9. The van der Waals surface area contributed by atoms with E-state index < -0.39 is 36.0 Å². The van der Waals surface area contributed by atoms with Crippen molar-refractivity contribution in [1.82, 2.24) is 0 Å². The SMILES string of the molecule is N[C@@H](CCC(=O)O)C(=O)[O-].N[C@@H](CCC(=O)O)C(=O)[O-].O.O.[Be+2]. The van der Waals surface area contributed by atoms with Crippen molar-refractivity contribution in [1.29, 1.82) is 0 Å². The summed E-state index contributed by atoms with van der Waals surface area (Å²) in [6.45, 7) is 0. The van der Waals surface area contributed by atoms with Crippen LogP contribution in [0.4, 0.5) is 0 Å². The predicted octanol–water partition coefficient (Wildman–Crippen LogP) is -6.17. The fourth-order valence-electron chi connectivity index (χ4n) is 0.794. The van der Waals surface area contributed by atoms with Crippen LogP contribution < -0.4 is 21.7 Å². The molecule has 0 unspecified atom stereocenters. The first-order valence-corrected chi connectivity index (χ1v) is 5.44. The zero-order valence-electron chi connectivity index (χ0n) is 12.2. The van der Waals surface area contributed by atoms with E-state index in [1.165, 1.54) is 0 Å². The number of aliphatic carboxylic acids is 4. The summed E-state index contributed by atoms with van der Waals surface area (Å²) in [5.41, 5.74) is 9.88. The third kappa shape index (κ3) is 25.2. The molecule has 0 aromatic heterocycles. The molecule has 2 atom stereocenters. The van der Waals surface area contributed by atoms with Gasteiger partial charge in [-0.1, -0.05) is 0 Å². The molecule has 0 saturated carbocycles. The summed E-state index contributed by atoms with van der Waals surface area (Å²) in [6, 6.07) is -2.34. The van der Waals surface area contributed by atoms with Gasteiger partial charge in [0.1, 0.15) is 0 Å². The van der Waals surface area contributed by atoms with Crippen LogP contribution in [0.2, 0.25) is 0 Å². The number of carboxylic acids is 4. The summed E-state index contributed by atoms with van der Waals surface area (Å²) in [5.74, 6) is -4.95. The molecule has 0 radical (unpaired) electrons. The summed E-state index contributed by atoms with van der Waals surface area (Å²) in [6.07, 6.45) is -0.653. The van der Waals surface area contributed by atoms with Gasteiger partial charge in [0.05, 0.1) is 11.9 Å². The molecule has 0 heterocycles. The fourth-order valence-corrected chi connectivity index (χ4v) is 0.794. The molecule has 0 rings (SSSR count). The molecule has 132 valence electrons. The number of carbonyl (C=O) groups is 4. The van der Waals surface area contributed by atoms with Gasteiger partial charge in [0.25, 0.3) is 0 Å². The first kappa shape index (κ1) is 32.7. The van der Waals surface area contributed by atoms with Gasteiger partial charge in [0.2, 0.25) is 0 Å². The van der Waals surface area contributed by atoms with E-state index in [9.17, 15) is 29.4 Å². The Balaban J connectivity index is -0.0000000831. The van der Waals surface area contributed by atoms with E-state index in [1.807, 2.05) is 0 Å². The number of carbonyl (C=O) groups excluding carboxylic acids is 2. The van der Waals surface area contributed by atoms with Crippen LogP contribution >= 0.6 is 0 Å². The van der Waals surface area contributed by atoms with Crippen molar-refractivity contribution in [3.63, 3.8) is 0 Å². The molecule has 0 aliphatic carbocycles. The maximum Gasteiger partial charge on any atom is 2.00 e. The van der Waals surface area contributed by atoms with Gasteiger partial charge in [-0.3, -0.25) is 9.59 Å². The van der Waals surface area contributed by atoms with Gasteiger partial charge in [0, 0.05) is 24.9 Å². The van der Waals surface area contributed by atoms with Gasteiger partial charge in [-0.2, -0.15) is 0 Å². The minimum Gasteiger partial charge on any atom is -0.548 e. The summed E-state index contributed by atoms with van der Waals surface area (Å²) in [4.78, 5) is 39.5. The molecule has 0 spiro atoms. The minimum absolute atomic E-state index is 0. The van der Waals surface area contributed by atoms with Crippen LogP contribution in [-0.2, 0) is 19.2 Å². The van der Waals surface area contributed by atoms with E-state index in [0.29, 0.717) is 0 Å².